The lowest BCUT2D eigenvalue weighted by molar-refractivity contribution is 0.0658. The largest absolute Gasteiger partial charge is 0.397 e. The van der Waals surface area contributed by atoms with Crippen molar-refractivity contribution in [1.29, 1.82) is 0 Å². The second-order valence-corrected chi connectivity index (χ2v) is 5.06. The molecule has 0 spiro atoms. The molecule has 94 valence electrons. The molecule has 0 atom stereocenters. The number of nitrogens with one attached hydrogen (secondary N) is 1. The van der Waals surface area contributed by atoms with Gasteiger partial charge in [0.05, 0.1) is 16.4 Å². The standard InChI is InChI=1S/C12H16ClFN2O/c1-12(2-4-17-5-3-12)16-11-6-8(13)9(14)7-10(11)15/h6-7,16H,2-5,15H2,1H3. The van der Waals surface area contributed by atoms with Crippen LogP contribution in [0.1, 0.15) is 19.8 Å². The van der Waals surface area contributed by atoms with Crippen molar-refractivity contribution in [2.75, 3.05) is 24.3 Å². The Morgan fingerprint density at radius 2 is 2.06 bits per heavy atom. The van der Waals surface area contributed by atoms with Crippen molar-refractivity contribution in [2.24, 2.45) is 0 Å². The molecule has 0 bridgehead atoms. The molecule has 1 saturated heterocycles. The Kier molecular flexibility index (Phi) is 3.45. The van der Waals surface area contributed by atoms with Crippen molar-refractivity contribution in [3.05, 3.63) is 23.0 Å². The van der Waals surface area contributed by atoms with E-state index in [0.717, 1.165) is 26.1 Å². The van der Waals surface area contributed by atoms with Crippen LogP contribution in [0.15, 0.2) is 12.1 Å². The second-order valence-electron chi connectivity index (χ2n) is 4.65. The van der Waals surface area contributed by atoms with E-state index in [1.54, 1.807) is 0 Å². The maximum atomic E-state index is 13.2. The zero-order valence-corrected chi connectivity index (χ0v) is 10.5. The minimum Gasteiger partial charge on any atom is -0.397 e. The summed E-state index contributed by atoms with van der Waals surface area (Å²) >= 11 is 5.75. The SMILES string of the molecule is CC1(Nc2cc(Cl)c(F)cc2N)CCOCC1. The van der Waals surface area contributed by atoms with E-state index in [1.807, 2.05) is 0 Å². The van der Waals surface area contributed by atoms with E-state index >= 15 is 0 Å². The molecule has 1 aromatic carbocycles. The van der Waals surface area contributed by atoms with Crippen LogP contribution in [0.4, 0.5) is 15.8 Å². The van der Waals surface area contributed by atoms with Crippen molar-refractivity contribution in [1.82, 2.24) is 0 Å². The number of hydrogen-bond donors (Lipinski definition) is 2. The fourth-order valence-electron chi connectivity index (χ4n) is 1.94. The van der Waals surface area contributed by atoms with Crippen molar-refractivity contribution < 1.29 is 9.13 Å². The molecule has 17 heavy (non-hydrogen) atoms. The van der Waals surface area contributed by atoms with Gasteiger partial charge in [-0.15, -0.1) is 0 Å². The van der Waals surface area contributed by atoms with Crippen LogP contribution in [0.5, 0.6) is 0 Å². The maximum absolute atomic E-state index is 13.2. The predicted octanol–water partition coefficient (Wildman–Crippen LogP) is 3.04. The summed E-state index contributed by atoms with van der Waals surface area (Å²) in [5.41, 5.74) is 6.75. The van der Waals surface area contributed by atoms with E-state index in [4.69, 9.17) is 22.1 Å². The monoisotopic (exact) mass is 258 g/mol. The number of benzene rings is 1. The van der Waals surface area contributed by atoms with Gasteiger partial charge < -0.3 is 15.8 Å². The van der Waals surface area contributed by atoms with E-state index < -0.39 is 5.82 Å². The highest BCUT2D eigenvalue weighted by Crippen LogP contribution is 2.31. The number of rotatable bonds is 2. The van der Waals surface area contributed by atoms with Gasteiger partial charge in [-0.2, -0.15) is 0 Å². The van der Waals surface area contributed by atoms with Gasteiger partial charge in [0.1, 0.15) is 5.82 Å². The Morgan fingerprint density at radius 1 is 1.41 bits per heavy atom. The van der Waals surface area contributed by atoms with Crippen molar-refractivity contribution in [2.45, 2.75) is 25.3 Å². The van der Waals surface area contributed by atoms with E-state index in [0.29, 0.717) is 11.4 Å². The van der Waals surface area contributed by atoms with Gasteiger partial charge in [-0.1, -0.05) is 11.6 Å². The van der Waals surface area contributed by atoms with Crippen LogP contribution in [-0.4, -0.2) is 18.8 Å². The Morgan fingerprint density at radius 3 is 2.71 bits per heavy atom. The third-order valence-corrected chi connectivity index (χ3v) is 3.41. The first-order valence-electron chi connectivity index (χ1n) is 5.61. The molecule has 5 heteroatoms. The molecule has 1 aliphatic heterocycles. The molecule has 0 aliphatic carbocycles. The number of halogens is 2. The molecule has 1 fully saturated rings. The first-order chi connectivity index (χ1) is 8.00. The lowest BCUT2D eigenvalue weighted by Crippen LogP contribution is -2.40. The topological polar surface area (TPSA) is 47.3 Å². The van der Waals surface area contributed by atoms with Crippen LogP contribution in [0, 0.1) is 5.82 Å². The average molecular weight is 259 g/mol. The summed E-state index contributed by atoms with van der Waals surface area (Å²) in [5.74, 6) is -0.494. The average Bonchev–Trinajstić information content (AvgIpc) is 2.26. The zero-order valence-electron chi connectivity index (χ0n) is 9.72. The lowest BCUT2D eigenvalue weighted by Gasteiger charge is -2.35. The van der Waals surface area contributed by atoms with Gasteiger partial charge in [-0.3, -0.25) is 0 Å². The molecular weight excluding hydrogens is 243 g/mol. The van der Waals surface area contributed by atoms with Crippen molar-refractivity contribution in [3.8, 4) is 0 Å². The van der Waals surface area contributed by atoms with Gasteiger partial charge >= 0.3 is 0 Å². The highest BCUT2D eigenvalue weighted by Gasteiger charge is 2.27. The van der Waals surface area contributed by atoms with Crippen molar-refractivity contribution >= 4 is 23.0 Å². The number of hydrogen-bond acceptors (Lipinski definition) is 3. The molecule has 0 unspecified atom stereocenters. The molecule has 0 saturated carbocycles. The molecule has 0 aromatic heterocycles. The summed E-state index contributed by atoms with van der Waals surface area (Å²) in [6.45, 7) is 3.54. The summed E-state index contributed by atoms with van der Waals surface area (Å²) < 4.78 is 18.5. The maximum Gasteiger partial charge on any atom is 0.143 e. The highest BCUT2D eigenvalue weighted by atomic mass is 35.5. The fourth-order valence-corrected chi connectivity index (χ4v) is 2.11. The van der Waals surface area contributed by atoms with Crippen LogP contribution >= 0.6 is 11.6 Å². The second kappa shape index (κ2) is 4.70. The first-order valence-corrected chi connectivity index (χ1v) is 5.98. The highest BCUT2D eigenvalue weighted by molar-refractivity contribution is 6.31. The molecule has 3 N–H and O–H groups in total. The third kappa shape index (κ3) is 2.82. The quantitative estimate of drug-likeness (QED) is 0.802. The van der Waals surface area contributed by atoms with Crippen LogP contribution < -0.4 is 11.1 Å². The van der Waals surface area contributed by atoms with Gasteiger partial charge in [-0.25, -0.2) is 4.39 Å². The summed E-state index contributed by atoms with van der Waals surface area (Å²) in [5, 5.41) is 3.42. The van der Waals surface area contributed by atoms with Crippen molar-refractivity contribution in [3.63, 3.8) is 0 Å². The van der Waals surface area contributed by atoms with Gasteiger partial charge in [-0.05, 0) is 25.8 Å². The summed E-state index contributed by atoms with van der Waals surface area (Å²) in [4.78, 5) is 0. The van der Waals surface area contributed by atoms with Gasteiger partial charge in [0, 0.05) is 24.8 Å². The smallest absolute Gasteiger partial charge is 0.143 e. The Labute approximate surface area is 105 Å². The molecule has 1 aromatic rings. The molecular formula is C12H16ClFN2O. The van der Waals surface area contributed by atoms with Crippen LogP contribution in [0.2, 0.25) is 5.02 Å². The molecule has 0 radical (unpaired) electrons. The molecule has 1 aliphatic rings. The molecule has 2 rings (SSSR count). The van der Waals surface area contributed by atoms with Gasteiger partial charge in [0.25, 0.3) is 0 Å². The minimum absolute atomic E-state index is 0.0759. The van der Waals surface area contributed by atoms with E-state index in [9.17, 15) is 4.39 Å². The zero-order chi connectivity index (χ0) is 12.5. The molecule has 3 nitrogen and oxygen atoms in total. The lowest BCUT2D eigenvalue weighted by atomic mass is 9.92. The molecule has 0 amide bonds. The van der Waals surface area contributed by atoms with E-state index in [-0.39, 0.29) is 10.6 Å². The Balaban J connectivity index is 2.20. The number of nitrogens with two attached hydrogens (primary N) is 1. The Bertz CT molecular complexity index is 419. The van der Waals surface area contributed by atoms with Gasteiger partial charge in [0.15, 0.2) is 0 Å². The summed E-state index contributed by atoms with van der Waals surface area (Å²) in [6.07, 6.45) is 1.78. The number of anilines is 2. The predicted molar refractivity (Wildman–Crippen MR) is 67.9 cm³/mol. The Hall–Kier alpha value is -1.00. The van der Waals surface area contributed by atoms with Gasteiger partial charge in [0.2, 0.25) is 0 Å². The van der Waals surface area contributed by atoms with Crippen LogP contribution in [0.3, 0.4) is 0 Å². The number of nitrogen functional groups attached to an aromatic ring is 1. The molecule has 1 heterocycles. The first kappa shape index (κ1) is 12.5. The number of ether oxygens (including phenoxy) is 1. The van der Waals surface area contributed by atoms with Crippen LogP contribution in [0.25, 0.3) is 0 Å². The summed E-state index contributed by atoms with van der Waals surface area (Å²) in [6, 6.07) is 2.78. The normalized spacial score (nSPS) is 19.0. The van der Waals surface area contributed by atoms with E-state index in [2.05, 4.69) is 12.2 Å². The summed E-state index contributed by atoms with van der Waals surface area (Å²) in [7, 11) is 0. The third-order valence-electron chi connectivity index (χ3n) is 3.13. The minimum atomic E-state index is -0.494. The fraction of sp³-hybridized carbons (Fsp3) is 0.500. The van der Waals surface area contributed by atoms with E-state index in [1.165, 1.54) is 12.1 Å². The van der Waals surface area contributed by atoms with Crippen LogP contribution in [-0.2, 0) is 4.74 Å².